The molecule has 3 N–H and O–H groups in total. The molecule has 0 fully saturated rings. The average Bonchev–Trinajstić information content (AvgIpc) is 3.03. The first-order valence-electron chi connectivity index (χ1n) is 6.88. The molecule has 2 rings (SSSR count). The molecule has 2 aromatic rings. The first-order valence-corrected chi connectivity index (χ1v) is 7.26. The lowest BCUT2D eigenvalue weighted by Crippen LogP contribution is -2.48. The highest BCUT2D eigenvalue weighted by Crippen LogP contribution is 2.18. The Hall–Kier alpha value is -2.68. The number of carbonyl (C=O) groups is 2. The summed E-state index contributed by atoms with van der Waals surface area (Å²) in [6.07, 6.45) is 0.428. The third-order valence-electron chi connectivity index (χ3n) is 3.03. The number of tetrazole rings is 1. The van der Waals surface area contributed by atoms with Gasteiger partial charge in [-0.05, 0) is 35.9 Å². The van der Waals surface area contributed by atoms with Gasteiger partial charge in [-0.2, -0.15) is 4.80 Å². The van der Waals surface area contributed by atoms with Crippen molar-refractivity contribution < 1.29 is 9.59 Å². The van der Waals surface area contributed by atoms with Crippen molar-refractivity contribution in [2.24, 2.45) is 0 Å². The SMILES string of the molecule is CCC(C(=O)NNC(=O)NC)n1nnc(-c2ccc(Cl)cc2)n1. The maximum Gasteiger partial charge on any atom is 0.333 e. The lowest BCUT2D eigenvalue weighted by atomic mass is 10.2. The molecule has 1 heterocycles. The van der Waals surface area contributed by atoms with Crippen LogP contribution >= 0.6 is 11.6 Å². The Kier molecular flexibility index (Phi) is 5.47. The lowest BCUT2D eigenvalue weighted by Gasteiger charge is -2.13. The molecule has 0 spiro atoms. The molecule has 0 aliphatic carbocycles. The van der Waals surface area contributed by atoms with Gasteiger partial charge < -0.3 is 5.32 Å². The van der Waals surface area contributed by atoms with Gasteiger partial charge in [-0.3, -0.25) is 10.2 Å². The number of nitrogens with zero attached hydrogens (tertiary/aromatic N) is 4. The number of rotatable bonds is 4. The summed E-state index contributed by atoms with van der Waals surface area (Å²) < 4.78 is 0. The summed E-state index contributed by atoms with van der Waals surface area (Å²) in [6, 6.07) is 5.74. The van der Waals surface area contributed by atoms with Crippen LogP contribution in [-0.2, 0) is 4.79 Å². The van der Waals surface area contributed by atoms with Crippen LogP contribution in [0.25, 0.3) is 11.4 Å². The number of aromatic nitrogens is 4. The maximum absolute atomic E-state index is 12.1. The van der Waals surface area contributed by atoms with E-state index in [1.807, 2.05) is 0 Å². The third kappa shape index (κ3) is 4.16. The van der Waals surface area contributed by atoms with Crippen molar-refractivity contribution in [3.05, 3.63) is 29.3 Å². The van der Waals surface area contributed by atoms with Gasteiger partial charge in [-0.1, -0.05) is 18.5 Å². The van der Waals surface area contributed by atoms with E-state index in [0.717, 1.165) is 5.56 Å². The van der Waals surface area contributed by atoms with E-state index in [2.05, 4.69) is 31.6 Å². The number of hydrogen-bond donors (Lipinski definition) is 3. The van der Waals surface area contributed by atoms with Crippen molar-refractivity contribution in [3.8, 4) is 11.4 Å². The zero-order valence-corrected chi connectivity index (χ0v) is 13.3. The molecular weight excluding hydrogens is 322 g/mol. The Bertz CT molecular complexity index is 686. The number of benzene rings is 1. The lowest BCUT2D eigenvalue weighted by molar-refractivity contribution is -0.125. The highest BCUT2D eigenvalue weighted by Gasteiger charge is 2.22. The standard InChI is InChI=1S/C13H16ClN7O2/c1-3-10(12(22)17-18-13(23)15-2)21-19-11(16-20-21)8-4-6-9(14)7-5-8/h4-7,10H,3H2,1-2H3,(H,17,22)(H2,15,18,23). The van der Waals surface area contributed by atoms with Crippen LogP contribution in [0.2, 0.25) is 5.02 Å². The van der Waals surface area contributed by atoms with Crippen molar-refractivity contribution in [1.29, 1.82) is 0 Å². The summed E-state index contributed by atoms with van der Waals surface area (Å²) in [6.45, 7) is 1.80. The Morgan fingerprint density at radius 1 is 1.26 bits per heavy atom. The van der Waals surface area contributed by atoms with Crippen molar-refractivity contribution >= 4 is 23.5 Å². The van der Waals surface area contributed by atoms with Crippen LogP contribution in [0.5, 0.6) is 0 Å². The fourth-order valence-corrected chi connectivity index (χ4v) is 1.92. The molecule has 10 heteroatoms. The van der Waals surface area contributed by atoms with Crippen LogP contribution in [-0.4, -0.2) is 39.2 Å². The van der Waals surface area contributed by atoms with E-state index >= 15 is 0 Å². The Morgan fingerprint density at radius 2 is 1.96 bits per heavy atom. The summed E-state index contributed by atoms with van der Waals surface area (Å²) >= 11 is 5.84. The van der Waals surface area contributed by atoms with E-state index in [-0.39, 0.29) is 0 Å². The van der Waals surface area contributed by atoms with Crippen LogP contribution in [0.3, 0.4) is 0 Å². The van der Waals surface area contributed by atoms with Crippen LogP contribution < -0.4 is 16.2 Å². The largest absolute Gasteiger partial charge is 0.340 e. The number of carbonyl (C=O) groups excluding carboxylic acids is 2. The van der Waals surface area contributed by atoms with Gasteiger partial charge in [0.1, 0.15) is 0 Å². The van der Waals surface area contributed by atoms with Crippen molar-refractivity contribution in [2.75, 3.05) is 7.05 Å². The van der Waals surface area contributed by atoms with Gasteiger partial charge in [0.2, 0.25) is 5.82 Å². The summed E-state index contributed by atoms with van der Waals surface area (Å²) in [5.74, 6) is -0.0664. The number of hydrogen-bond acceptors (Lipinski definition) is 5. The topological polar surface area (TPSA) is 114 Å². The maximum atomic E-state index is 12.1. The van der Waals surface area contributed by atoms with Gasteiger partial charge in [0.05, 0.1) is 0 Å². The number of halogens is 1. The van der Waals surface area contributed by atoms with Gasteiger partial charge in [-0.25, -0.2) is 10.2 Å². The van der Waals surface area contributed by atoms with Crippen LogP contribution in [0.1, 0.15) is 19.4 Å². The molecule has 1 aromatic carbocycles. The van der Waals surface area contributed by atoms with Gasteiger partial charge in [0.15, 0.2) is 6.04 Å². The molecule has 3 amide bonds. The van der Waals surface area contributed by atoms with Gasteiger partial charge >= 0.3 is 6.03 Å². The highest BCUT2D eigenvalue weighted by atomic mass is 35.5. The predicted molar refractivity (Wildman–Crippen MR) is 83.3 cm³/mol. The molecule has 0 aliphatic rings. The smallest absolute Gasteiger partial charge is 0.333 e. The minimum Gasteiger partial charge on any atom is -0.340 e. The fourth-order valence-electron chi connectivity index (χ4n) is 1.79. The van der Waals surface area contributed by atoms with E-state index in [9.17, 15) is 9.59 Å². The molecule has 1 unspecified atom stereocenters. The van der Waals surface area contributed by atoms with E-state index in [0.29, 0.717) is 17.3 Å². The fraction of sp³-hybridized carbons (Fsp3) is 0.308. The number of hydrazine groups is 1. The molecule has 0 saturated heterocycles. The molecule has 122 valence electrons. The van der Waals surface area contributed by atoms with Gasteiger partial charge in [-0.15, -0.1) is 10.2 Å². The van der Waals surface area contributed by atoms with Crippen LogP contribution in [0, 0.1) is 0 Å². The molecular formula is C13H16ClN7O2. The first kappa shape index (κ1) is 16.7. The van der Waals surface area contributed by atoms with Crippen LogP contribution in [0.4, 0.5) is 4.79 Å². The third-order valence-corrected chi connectivity index (χ3v) is 3.28. The van der Waals surface area contributed by atoms with Crippen LogP contribution in [0.15, 0.2) is 24.3 Å². The molecule has 0 aliphatic heterocycles. The second kappa shape index (κ2) is 7.54. The van der Waals surface area contributed by atoms with Gasteiger partial charge in [0.25, 0.3) is 5.91 Å². The first-order chi connectivity index (χ1) is 11.0. The second-order valence-corrected chi connectivity index (χ2v) is 4.99. The van der Waals surface area contributed by atoms with E-state index in [4.69, 9.17) is 11.6 Å². The predicted octanol–water partition coefficient (Wildman–Crippen LogP) is 0.905. The minimum atomic E-state index is -0.694. The van der Waals surface area contributed by atoms with Gasteiger partial charge in [0, 0.05) is 17.6 Å². The van der Waals surface area contributed by atoms with Crippen molar-refractivity contribution in [3.63, 3.8) is 0 Å². The zero-order valence-electron chi connectivity index (χ0n) is 12.6. The van der Waals surface area contributed by atoms with E-state index in [1.54, 1.807) is 31.2 Å². The molecule has 1 atom stereocenters. The van der Waals surface area contributed by atoms with Crippen molar-refractivity contribution in [1.82, 2.24) is 36.4 Å². The Labute approximate surface area is 137 Å². The van der Waals surface area contributed by atoms with Crippen molar-refractivity contribution in [2.45, 2.75) is 19.4 Å². The minimum absolute atomic E-state index is 0.382. The molecule has 0 saturated carbocycles. The summed E-state index contributed by atoms with van der Waals surface area (Å²) in [7, 11) is 1.44. The zero-order chi connectivity index (χ0) is 16.8. The summed E-state index contributed by atoms with van der Waals surface area (Å²) in [4.78, 5) is 24.4. The number of amides is 3. The summed E-state index contributed by atoms with van der Waals surface area (Å²) in [5.41, 5.74) is 5.24. The molecule has 23 heavy (non-hydrogen) atoms. The highest BCUT2D eigenvalue weighted by molar-refractivity contribution is 6.30. The Morgan fingerprint density at radius 3 is 2.57 bits per heavy atom. The molecule has 0 radical (unpaired) electrons. The average molecular weight is 338 g/mol. The number of nitrogens with one attached hydrogen (secondary N) is 3. The molecule has 0 bridgehead atoms. The molecule has 1 aromatic heterocycles. The van der Waals surface area contributed by atoms with E-state index < -0.39 is 18.0 Å². The normalized spacial score (nSPS) is 11.6. The molecule has 9 nitrogen and oxygen atoms in total. The monoisotopic (exact) mass is 337 g/mol. The Balaban J connectivity index is 2.11. The quantitative estimate of drug-likeness (QED) is 0.717. The summed E-state index contributed by atoms with van der Waals surface area (Å²) in [5, 5.41) is 15.0. The van der Waals surface area contributed by atoms with E-state index in [1.165, 1.54) is 11.8 Å². The number of urea groups is 1. The second-order valence-electron chi connectivity index (χ2n) is 4.56.